The first kappa shape index (κ1) is 18.4. The lowest BCUT2D eigenvalue weighted by atomic mass is 10.1. The topological polar surface area (TPSA) is 46.5 Å². The van der Waals surface area contributed by atoms with Crippen LogP contribution in [0.1, 0.15) is 25.0 Å². The van der Waals surface area contributed by atoms with Crippen LogP contribution in [0.5, 0.6) is 0 Å². The summed E-state index contributed by atoms with van der Waals surface area (Å²) in [6.07, 6.45) is 1.03. The molecule has 0 saturated heterocycles. The number of aliphatic hydroxyl groups excluding tert-OH is 1. The van der Waals surface area contributed by atoms with E-state index < -0.39 is 65.9 Å². The van der Waals surface area contributed by atoms with E-state index in [0.717, 1.165) is 0 Å². The predicted octanol–water partition coefficient (Wildman–Crippen LogP) is 3.28. The van der Waals surface area contributed by atoms with Crippen LogP contribution in [0.2, 0.25) is 0 Å². The van der Waals surface area contributed by atoms with Gasteiger partial charge in [-0.3, -0.25) is 4.79 Å². The summed E-state index contributed by atoms with van der Waals surface area (Å²) in [5.74, 6) is -7.77. The molecule has 0 amide bonds. The quantitative estimate of drug-likeness (QED) is 0.372. The SMILES string of the molecule is C=CC1C(C(=O)OCc2c(F)c(F)c(CCO)c(F)c2F)C1(C)C. The van der Waals surface area contributed by atoms with Crippen LogP contribution in [-0.2, 0) is 22.6 Å². The molecular formula is C17H18F4O3. The third-order valence-corrected chi connectivity index (χ3v) is 4.58. The Morgan fingerprint density at radius 3 is 2.08 bits per heavy atom. The van der Waals surface area contributed by atoms with E-state index in [2.05, 4.69) is 6.58 Å². The number of rotatable bonds is 6. The lowest BCUT2D eigenvalue weighted by molar-refractivity contribution is -0.147. The maximum atomic E-state index is 13.9. The van der Waals surface area contributed by atoms with Crippen molar-refractivity contribution >= 4 is 5.97 Å². The number of halogens is 4. The van der Waals surface area contributed by atoms with Crippen molar-refractivity contribution in [3.05, 3.63) is 47.1 Å². The van der Waals surface area contributed by atoms with Gasteiger partial charge in [-0.05, 0) is 11.3 Å². The van der Waals surface area contributed by atoms with Gasteiger partial charge < -0.3 is 9.84 Å². The highest BCUT2D eigenvalue weighted by atomic mass is 19.2. The Hall–Kier alpha value is -1.89. The lowest BCUT2D eigenvalue weighted by Crippen LogP contribution is -2.15. The number of esters is 1. The van der Waals surface area contributed by atoms with Gasteiger partial charge in [-0.1, -0.05) is 19.9 Å². The second-order valence-electron chi connectivity index (χ2n) is 6.35. The molecule has 2 rings (SSSR count). The maximum absolute atomic E-state index is 13.9. The van der Waals surface area contributed by atoms with E-state index in [-0.39, 0.29) is 11.3 Å². The molecule has 0 heterocycles. The summed E-state index contributed by atoms with van der Waals surface area (Å²) in [7, 11) is 0. The van der Waals surface area contributed by atoms with Gasteiger partial charge in [-0.2, -0.15) is 0 Å². The molecule has 7 heteroatoms. The van der Waals surface area contributed by atoms with Crippen molar-refractivity contribution in [3.63, 3.8) is 0 Å². The Balaban J connectivity index is 2.19. The minimum atomic E-state index is -1.62. The molecule has 1 N–H and O–H groups in total. The van der Waals surface area contributed by atoms with Gasteiger partial charge in [-0.15, -0.1) is 6.58 Å². The van der Waals surface area contributed by atoms with Crippen molar-refractivity contribution in [3.8, 4) is 0 Å². The van der Waals surface area contributed by atoms with Crippen molar-refractivity contribution in [2.75, 3.05) is 6.61 Å². The zero-order valence-corrected chi connectivity index (χ0v) is 13.3. The van der Waals surface area contributed by atoms with Crippen LogP contribution in [0.3, 0.4) is 0 Å². The molecule has 1 saturated carbocycles. The highest BCUT2D eigenvalue weighted by molar-refractivity contribution is 5.78. The Morgan fingerprint density at radius 1 is 1.17 bits per heavy atom. The monoisotopic (exact) mass is 346 g/mol. The van der Waals surface area contributed by atoms with Crippen LogP contribution >= 0.6 is 0 Å². The summed E-state index contributed by atoms with van der Waals surface area (Å²) in [4.78, 5) is 12.0. The van der Waals surface area contributed by atoms with E-state index in [9.17, 15) is 22.4 Å². The van der Waals surface area contributed by atoms with E-state index in [0.29, 0.717) is 0 Å². The van der Waals surface area contributed by atoms with Crippen molar-refractivity contribution in [2.45, 2.75) is 26.9 Å². The van der Waals surface area contributed by atoms with Gasteiger partial charge in [0.2, 0.25) is 0 Å². The second kappa shape index (κ2) is 6.55. The molecule has 3 nitrogen and oxygen atoms in total. The number of benzene rings is 1. The summed E-state index contributed by atoms with van der Waals surface area (Å²) in [6.45, 7) is 5.65. The zero-order valence-electron chi connectivity index (χ0n) is 13.3. The minimum absolute atomic E-state index is 0.125. The molecule has 2 unspecified atom stereocenters. The number of aliphatic hydroxyl groups is 1. The summed E-state index contributed by atoms with van der Waals surface area (Å²) in [5.41, 5.74) is -2.25. The van der Waals surface area contributed by atoms with Crippen LogP contribution in [0.4, 0.5) is 17.6 Å². The van der Waals surface area contributed by atoms with Crippen molar-refractivity contribution < 1.29 is 32.2 Å². The highest BCUT2D eigenvalue weighted by Crippen LogP contribution is 2.59. The molecule has 0 aliphatic heterocycles. The number of ether oxygens (including phenoxy) is 1. The van der Waals surface area contributed by atoms with Gasteiger partial charge in [0.25, 0.3) is 0 Å². The van der Waals surface area contributed by atoms with E-state index in [1.54, 1.807) is 6.08 Å². The van der Waals surface area contributed by atoms with Gasteiger partial charge in [0.15, 0.2) is 23.3 Å². The molecule has 0 aromatic heterocycles. The van der Waals surface area contributed by atoms with E-state index in [1.807, 2.05) is 13.8 Å². The molecular weight excluding hydrogens is 328 g/mol. The summed E-state index contributed by atoms with van der Waals surface area (Å²) < 4.78 is 60.2. The number of carbonyl (C=O) groups excluding carboxylic acids is 1. The van der Waals surface area contributed by atoms with Gasteiger partial charge >= 0.3 is 5.97 Å². The Bertz CT molecular complexity index is 656. The average Bonchev–Trinajstić information content (AvgIpc) is 3.10. The molecule has 0 spiro atoms. The van der Waals surface area contributed by atoms with Crippen LogP contribution < -0.4 is 0 Å². The van der Waals surface area contributed by atoms with E-state index in [4.69, 9.17) is 9.84 Å². The van der Waals surface area contributed by atoms with Gasteiger partial charge in [0.1, 0.15) is 6.61 Å². The lowest BCUT2D eigenvalue weighted by Gasteiger charge is -2.12. The number of hydrogen-bond acceptors (Lipinski definition) is 3. The molecule has 2 atom stereocenters. The first-order valence-corrected chi connectivity index (χ1v) is 7.42. The Morgan fingerprint density at radius 2 is 1.67 bits per heavy atom. The molecule has 0 bridgehead atoms. The van der Waals surface area contributed by atoms with Crippen LogP contribution in [0.15, 0.2) is 12.7 Å². The van der Waals surface area contributed by atoms with Crippen molar-refractivity contribution in [1.29, 1.82) is 0 Å². The highest BCUT2D eigenvalue weighted by Gasteiger charge is 2.61. The first-order valence-electron chi connectivity index (χ1n) is 7.42. The molecule has 1 aliphatic carbocycles. The largest absolute Gasteiger partial charge is 0.460 e. The third kappa shape index (κ3) is 2.92. The van der Waals surface area contributed by atoms with E-state index >= 15 is 0 Å². The van der Waals surface area contributed by atoms with Crippen LogP contribution in [0, 0.1) is 40.5 Å². The molecule has 24 heavy (non-hydrogen) atoms. The first-order chi connectivity index (χ1) is 11.2. The normalized spacial score (nSPS) is 21.5. The van der Waals surface area contributed by atoms with Crippen LogP contribution in [-0.4, -0.2) is 17.7 Å². The predicted molar refractivity (Wildman–Crippen MR) is 77.8 cm³/mol. The fourth-order valence-corrected chi connectivity index (χ4v) is 2.98. The molecule has 0 radical (unpaired) electrons. The average molecular weight is 346 g/mol. The van der Waals surface area contributed by atoms with Gasteiger partial charge in [0, 0.05) is 18.6 Å². The third-order valence-electron chi connectivity index (χ3n) is 4.58. The summed E-state index contributed by atoms with van der Waals surface area (Å²) in [5, 5.41) is 8.71. The second-order valence-corrected chi connectivity index (χ2v) is 6.35. The molecule has 1 aromatic rings. The standard InChI is InChI=1S/C17H18F4O3/c1-4-10-11(17(10,2)3)16(23)24-7-9-14(20)12(18)8(5-6-22)13(19)15(9)21/h4,10-11,22H,1,5-7H2,2-3H3. The summed E-state index contributed by atoms with van der Waals surface area (Å²) in [6, 6.07) is 0. The van der Waals surface area contributed by atoms with Crippen LogP contribution in [0.25, 0.3) is 0 Å². The minimum Gasteiger partial charge on any atom is -0.460 e. The molecule has 132 valence electrons. The fraction of sp³-hybridized carbons (Fsp3) is 0.471. The van der Waals surface area contributed by atoms with Gasteiger partial charge in [0.05, 0.1) is 11.5 Å². The smallest absolute Gasteiger partial charge is 0.310 e. The Labute approximate surface area is 136 Å². The van der Waals surface area contributed by atoms with E-state index in [1.165, 1.54) is 0 Å². The van der Waals surface area contributed by atoms with Crippen molar-refractivity contribution in [2.24, 2.45) is 17.3 Å². The molecule has 1 aromatic carbocycles. The van der Waals surface area contributed by atoms with Crippen molar-refractivity contribution in [1.82, 2.24) is 0 Å². The molecule has 1 fully saturated rings. The van der Waals surface area contributed by atoms with Gasteiger partial charge in [-0.25, -0.2) is 17.6 Å². The number of allylic oxidation sites excluding steroid dienone is 1. The Kier molecular flexibility index (Phi) is 5.03. The molecule has 1 aliphatic rings. The number of hydrogen-bond donors (Lipinski definition) is 1. The number of carbonyl (C=O) groups is 1. The maximum Gasteiger partial charge on any atom is 0.310 e. The summed E-state index contributed by atoms with van der Waals surface area (Å²) >= 11 is 0. The zero-order chi connectivity index (χ0) is 18.2. The fourth-order valence-electron chi connectivity index (χ4n) is 2.98.